The number of alkyl halides is 2. The Morgan fingerprint density at radius 2 is 1.94 bits per heavy atom. The fourth-order valence-corrected chi connectivity index (χ4v) is 3.34. The molecule has 0 unspecified atom stereocenters. The van der Waals surface area contributed by atoms with Crippen LogP contribution in [0.2, 0.25) is 0 Å². The lowest BCUT2D eigenvalue weighted by Crippen LogP contribution is -2.25. The zero-order valence-corrected chi connectivity index (χ0v) is 19.2. The van der Waals surface area contributed by atoms with Crippen LogP contribution in [-0.2, 0) is 6.54 Å². The molecule has 12 heteroatoms. The number of ether oxygens (including phenoxy) is 2. The fraction of sp³-hybridized carbons (Fsp3) is 0.333. The number of aromatic carboxylic acids is 1. The van der Waals surface area contributed by atoms with Gasteiger partial charge in [0.25, 0.3) is 5.91 Å². The van der Waals surface area contributed by atoms with Gasteiger partial charge in [0.15, 0.2) is 11.5 Å². The molecule has 0 bridgehead atoms. The SMILES string of the molecule is C[C@H](N)c1oc(-c2ccc(OC(F)F)c(OCC3CC3)c2)nc1CNC(=O)c1cccc(C(=O)O)n1. The van der Waals surface area contributed by atoms with Crippen LogP contribution in [0.1, 0.15) is 58.2 Å². The van der Waals surface area contributed by atoms with Crippen molar-refractivity contribution in [3.63, 3.8) is 0 Å². The van der Waals surface area contributed by atoms with Gasteiger partial charge in [-0.3, -0.25) is 4.79 Å². The number of carboxylic acids is 1. The Labute approximate surface area is 204 Å². The van der Waals surface area contributed by atoms with Crippen molar-refractivity contribution in [2.24, 2.45) is 11.7 Å². The quantitative estimate of drug-likeness (QED) is 0.356. The monoisotopic (exact) mass is 502 g/mol. The minimum atomic E-state index is -3.01. The molecule has 1 amide bonds. The van der Waals surface area contributed by atoms with Crippen molar-refractivity contribution in [1.82, 2.24) is 15.3 Å². The maximum atomic E-state index is 12.8. The van der Waals surface area contributed by atoms with Crippen LogP contribution < -0.4 is 20.5 Å². The molecule has 10 nitrogen and oxygen atoms in total. The van der Waals surface area contributed by atoms with E-state index in [9.17, 15) is 18.4 Å². The number of hydrogen-bond donors (Lipinski definition) is 3. The highest BCUT2D eigenvalue weighted by Crippen LogP contribution is 2.37. The van der Waals surface area contributed by atoms with E-state index in [1.165, 1.54) is 36.4 Å². The first-order valence-corrected chi connectivity index (χ1v) is 11.2. The van der Waals surface area contributed by atoms with Gasteiger partial charge < -0.3 is 30.0 Å². The van der Waals surface area contributed by atoms with Gasteiger partial charge in [-0.1, -0.05) is 6.07 Å². The summed E-state index contributed by atoms with van der Waals surface area (Å²) >= 11 is 0. The first-order valence-electron chi connectivity index (χ1n) is 11.2. The summed E-state index contributed by atoms with van der Waals surface area (Å²) in [5, 5.41) is 11.7. The molecule has 1 aliphatic carbocycles. The van der Waals surface area contributed by atoms with Crippen LogP contribution in [0.3, 0.4) is 0 Å². The predicted octanol–water partition coefficient (Wildman–Crippen LogP) is 3.77. The van der Waals surface area contributed by atoms with Crippen LogP contribution >= 0.6 is 0 Å². The maximum Gasteiger partial charge on any atom is 0.387 e. The average Bonchev–Trinajstić information content (AvgIpc) is 3.58. The summed E-state index contributed by atoms with van der Waals surface area (Å²) in [4.78, 5) is 31.8. The van der Waals surface area contributed by atoms with E-state index in [1.807, 2.05) is 0 Å². The minimum Gasteiger partial charge on any atom is -0.489 e. The largest absolute Gasteiger partial charge is 0.489 e. The summed E-state index contributed by atoms with van der Waals surface area (Å²) in [6.45, 7) is -1.02. The summed E-state index contributed by atoms with van der Waals surface area (Å²) in [6.07, 6.45) is 2.04. The Morgan fingerprint density at radius 3 is 2.61 bits per heavy atom. The van der Waals surface area contributed by atoms with Gasteiger partial charge in [-0.25, -0.2) is 14.8 Å². The molecule has 3 aromatic rings. The zero-order valence-electron chi connectivity index (χ0n) is 19.2. The van der Waals surface area contributed by atoms with Crippen molar-refractivity contribution in [3.8, 4) is 23.0 Å². The fourth-order valence-electron chi connectivity index (χ4n) is 3.34. The number of nitrogens with zero attached hydrogens (tertiary/aromatic N) is 2. The zero-order chi connectivity index (χ0) is 25.8. The van der Waals surface area contributed by atoms with Crippen LogP contribution in [0.5, 0.6) is 11.5 Å². The van der Waals surface area contributed by atoms with E-state index >= 15 is 0 Å². The van der Waals surface area contributed by atoms with E-state index in [1.54, 1.807) is 6.92 Å². The molecular formula is C24H24F2N4O6. The van der Waals surface area contributed by atoms with Gasteiger partial charge in [-0.05, 0) is 56.0 Å². The Balaban J connectivity index is 1.55. The number of aromatic nitrogens is 2. The molecule has 4 N–H and O–H groups in total. The molecule has 36 heavy (non-hydrogen) atoms. The lowest BCUT2D eigenvalue weighted by molar-refractivity contribution is -0.0515. The first kappa shape index (κ1) is 25.0. The molecule has 1 aliphatic rings. The van der Waals surface area contributed by atoms with Crippen molar-refractivity contribution in [2.75, 3.05) is 6.61 Å². The third-order valence-corrected chi connectivity index (χ3v) is 5.34. The Hall–Kier alpha value is -4.06. The van der Waals surface area contributed by atoms with Gasteiger partial charge in [0, 0.05) is 5.56 Å². The lowest BCUT2D eigenvalue weighted by Gasteiger charge is -2.12. The number of benzene rings is 1. The molecule has 1 saturated carbocycles. The number of carboxylic acid groups (broad SMARTS) is 1. The molecule has 4 rings (SSSR count). The maximum absolute atomic E-state index is 12.8. The van der Waals surface area contributed by atoms with Gasteiger partial charge in [0.2, 0.25) is 5.89 Å². The molecule has 190 valence electrons. The number of carbonyl (C=O) groups excluding carboxylic acids is 1. The van der Waals surface area contributed by atoms with Crippen LogP contribution in [-0.4, -0.2) is 40.2 Å². The van der Waals surface area contributed by atoms with Crippen molar-refractivity contribution in [2.45, 2.75) is 39.0 Å². The van der Waals surface area contributed by atoms with Gasteiger partial charge in [0.05, 0.1) is 19.2 Å². The molecule has 1 fully saturated rings. The molecule has 2 aromatic heterocycles. The van der Waals surface area contributed by atoms with E-state index in [2.05, 4.69) is 20.0 Å². The van der Waals surface area contributed by atoms with Crippen LogP contribution in [0.15, 0.2) is 40.8 Å². The van der Waals surface area contributed by atoms with Crippen molar-refractivity contribution >= 4 is 11.9 Å². The van der Waals surface area contributed by atoms with E-state index in [-0.39, 0.29) is 35.3 Å². The van der Waals surface area contributed by atoms with Gasteiger partial charge in [0.1, 0.15) is 22.8 Å². The number of nitrogens with one attached hydrogen (secondary N) is 1. The van der Waals surface area contributed by atoms with Crippen molar-refractivity contribution in [3.05, 3.63) is 59.2 Å². The third-order valence-electron chi connectivity index (χ3n) is 5.34. The van der Waals surface area contributed by atoms with Crippen molar-refractivity contribution < 1.29 is 37.4 Å². The second kappa shape index (κ2) is 10.7. The number of oxazole rings is 1. The summed E-state index contributed by atoms with van der Waals surface area (Å²) in [5.74, 6) is -0.974. The van der Waals surface area contributed by atoms with E-state index in [0.717, 1.165) is 12.8 Å². The number of halogens is 2. The number of carbonyl (C=O) groups is 2. The van der Waals surface area contributed by atoms with Crippen LogP contribution in [0.4, 0.5) is 8.78 Å². The standard InChI is InChI=1S/C24H24F2N4O6/c1-12(27)20-17(10-28-21(31)15-3-2-4-16(29-15)23(32)33)30-22(36-20)14-7-8-18(35-24(25)26)19(9-14)34-11-13-5-6-13/h2-4,7-9,12-13,24H,5-6,10-11,27H2,1H3,(H,28,31)(H,32,33)/t12-/m0/s1. The van der Waals surface area contributed by atoms with Gasteiger partial charge in [-0.15, -0.1) is 0 Å². The predicted molar refractivity (Wildman–Crippen MR) is 122 cm³/mol. The van der Waals surface area contributed by atoms with Crippen molar-refractivity contribution in [1.29, 1.82) is 0 Å². The lowest BCUT2D eigenvalue weighted by atomic mass is 10.2. The minimum absolute atomic E-state index is 0.0736. The number of rotatable bonds is 11. The molecule has 0 aliphatic heterocycles. The van der Waals surface area contributed by atoms with Gasteiger partial charge >= 0.3 is 12.6 Å². The highest BCUT2D eigenvalue weighted by Gasteiger charge is 2.24. The second-order valence-corrected chi connectivity index (χ2v) is 8.31. The van der Waals surface area contributed by atoms with Gasteiger partial charge in [-0.2, -0.15) is 8.78 Å². The molecule has 1 aromatic carbocycles. The number of amides is 1. The second-order valence-electron chi connectivity index (χ2n) is 8.31. The smallest absolute Gasteiger partial charge is 0.387 e. The number of hydrogen-bond acceptors (Lipinski definition) is 8. The Kier molecular flexibility index (Phi) is 7.44. The normalized spacial score (nSPS) is 13.9. The first-order chi connectivity index (χ1) is 17.2. The summed E-state index contributed by atoms with van der Waals surface area (Å²) in [6, 6.07) is 7.85. The molecule has 2 heterocycles. The molecule has 1 atom stereocenters. The topological polar surface area (TPSA) is 150 Å². The number of nitrogens with two attached hydrogens (primary N) is 1. The summed E-state index contributed by atoms with van der Waals surface area (Å²) in [5.41, 5.74) is 6.47. The Bertz CT molecular complexity index is 1260. The van der Waals surface area contributed by atoms with E-state index in [0.29, 0.717) is 29.5 Å². The van der Waals surface area contributed by atoms with E-state index < -0.39 is 24.5 Å². The summed E-state index contributed by atoms with van der Waals surface area (Å²) in [7, 11) is 0. The van der Waals surface area contributed by atoms with Crippen LogP contribution in [0, 0.1) is 5.92 Å². The third kappa shape index (κ3) is 6.13. The number of pyridine rings is 1. The van der Waals surface area contributed by atoms with Crippen LogP contribution in [0.25, 0.3) is 11.5 Å². The molecule has 0 saturated heterocycles. The average molecular weight is 502 g/mol. The molecule has 0 radical (unpaired) electrons. The highest BCUT2D eigenvalue weighted by atomic mass is 19.3. The highest BCUT2D eigenvalue weighted by molar-refractivity contribution is 5.94. The molecular weight excluding hydrogens is 478 g/mol. The summed E-state index contributed by atoms with van der Waals surface area (Å²) < 4.78 is 41.8. The molecule has 0 spiro atoms. The Morgan fingerprint density at radius 1 is 1.19 bits per heavy atom. The van der Waals surface area contributed by atoms with E-state index in [4.69, 9.17) is 20.0 Å².